The highest BCUT2D eigenvalue weighted by atomic mass is 16.3. The lowest BCUT2D eigenvalue weighted by Gasteiger charge is -2.37. The predicted octanol–water partition coefficient (Wildman–Crippen LogP) is 0.761. The number of aliphatic hydroxyl groups excluding tert-OH is 1. The van der Waals surface area contributed by atoms with Crippen molar-refractivity contribution in [3.63, 3.8) is 0 Å². The molecule has 3 heterocycles. The van der Waals surface area contributed by atoms with E-state index >= 15 is 0 Å². The van der Waals surface area contributed by atoms with E-state index in [9.17, 15) is 9.90 Å². The fourth-order valence-electron chi connectivity index (χ4n) is 3.00. The third kappa shape index (κ3) is 2.71. The number of carbonyl (C=O) groups is 1. The van der Waals surface area contributed by atoms with Crippen LogP contribution in [0, 0.1) is 5.92 Å². The van der Waals surface area contributed by atoms with Crippen LogP contribution in [0.5, 0.6) is 0 Å². The van der Waals surface area contributed by atoms with Crippen LogP contribution in [0.2, 0.25) is 0 Å². The summed E-state index contributed by atoms with van der Waals surface area (Å²) in [7, 11) is 0. The van der Waals surface area contributed by atoms with Crippen molar-refractivity contribution in [3.8, 4) is 0 Å². The zero-order valence-corrected chi connectivity index (χ0v) is 12.8. The molecule has 0 spiro atoms. The highest BCUT2D eigenvalue weighted by molar-refractivity contribution is 5.95. The Morgan fingerprint density at radius 3 is 2.96 bits per heavy atom. The first-order valence-electron chi connectivity index (χ1n) is 7.78. The molecule has 4 rings (SSSR count). The van der Waals surface area contributed by atoms with Gasteiger partial charge >= 0.3 is 0 Å². The van der Waals surface area contributed by atoms with Gasteiger partial charge in [0.25, 0.3) is 5.91 Å². The van der Waals surface area contributed by atoms with E-state index in [1.54, 1.807) is 24.5 Å². The molecule has 0 saturated heterocycles. The maximum absolute atomic E-state index is 12.6. The SMILES string of the molecule is O=C(N[C@@H](c1ccccn1)C1CC(O)C1)c1ccn2nnnc2c1. The van der Waals surface area contributed by atoms with Gasteiger partial charge in [0.2, 0.25) is 0 Å². The van der Waals surface area contributed by atoms with E-state index in [0.29, 0.717) is 24.1 Å². The van der Waals surface area contributed by atoms with E-state index in [-0.39, 0.29) is 24.0 Å². The fourth-order valence-corrected chi connectivity index (χ4v) is 3.00. The Labute approximate surface area is 137 Å². The Bertz CT molecular complexity index is 859. The molecular weight excluding hydrogens is 308 g/mol. The maximum Gasteiger partial charge on any atom is 0.252 e. The van der Waals surface area contributed by atoms with Gasteiger partial charge in [-0.2, -0.15) is 0 Å². The van der Waals surface area contributed by atoms with Crippen LogP contribution in [0.3, 0.4) is 0 Å². The Hall–Kier alpha value is -2.87. The summed E-state index contributed by atoms with van der Waals surface area (Å²) in [5.41, 5.74) is 1.79. The average molecular weight is 324 g/mol. The van der Waals surface area contributed by atoms with Crippen LogP contribution in [0.15, 0.2) is 42.7 Å². The summed E-state index contributed by atoms with van der Waals surface area (Å²) in [6.07, 6.45) is 4.38. The summed E-state index contributed by atoms with van der Waals surface area (Å²) < 4.78 is 1.50. The number of nitrogens with zero attached hydrogens (tertiary/aromatic N) is 5. The first-order valence-corrected chi connectivity index (χ1v) is 7.78. The van der Waals surface area contributed by atoms with Crippen molar-refractivity contribution < 1.29 is 9.90 Å². The average Bonchev–Trinajstić information content (AvgIpc) is 3.05. The van der Waals surface area contributed by atoms with Crippen LogP contribution in [0.1, 0.15) is 34.9 Å². The molecule has 8 heteroatoms. The van der Waals surface area contributed by atoms with Crippen molar-refractivity contribution in [3.05, 3.63) is 54.0 Å². The van der Waals surface area contributed by atoms with E-state index in [1.807, 2.05) is 18.2 Å². The Kier molecular flexibility index (Phi) is 3.66. The van der Waals surface area contributed by atoms with Crippen LogP contribution in [0.4, 0.5) is 0 Å². The molecular formula is C16H16N6O2. The minimum absolute atomic E-state index is 0.178. The number of aromatic nitrogens is 5. The summed E-state index contributed by atoms with van der Waals surface area (Å²) in [6.45, 7) is 0. The second kappa shape index (κ2) is 5.97. The summed E-state index contributed by atoms with van der Waals surface area (Å²) in [4.78, 5) is 17.0. The predicted molar refractivity (Wildman–Crippen MR) is 84.0 cm³/mol. The van der Waals surface area contributed by atoms with E-state index in [0.717, 1.165) is 5.69 Å². The van der Waals surface area contributed by atoms with E-state index in [2.05, 4.69) is 25.8 Å². The molecule has 122 valence electrons. The van der Waals surface area contributed by atoms with Crippen LogP contribution in [-0.4, -0.2) is 42.1 Å². The van der Waals surface area contributed by atoms with Gasteiger partial charge in [-0.25, -0.2) is 4.52 Å². The number of hydrogen-bond acceptors (Lipinski definition) is 6. The number of aliphatic hydroxyl groups is 1. The number of pyridine rings is 2. The minimum atomic E-state index is -0.295. The quantitative estimate of drug-likeness (QED) is 0.734. The van der Waals surface area contributed by atoms with Gasteiger partial charge in [0.15, 0.2) is 5.65 Å². The van der Waals surface area contributed by atoms with Crippen LogP contribution >= 0.6 is 0 Å². The van der Waals surface area contributed by atoms with Gasteiger partial charge in [0, 0.05) is 18.0 Å². The molecule has 1 saturated carbocycles. The molecule has 0 radical (unpaired) electrons. The standard InChI is InChI=1S/C16H16N6O2/c23-12-7-11(8-12)15(13-3-1-2-5-17-13)18-16(24)10-4-6-22-14(9-10)19-20-21-22/h1-6,9,11-12,15,23H,7-8H2,(H,18,24)/t11?,12?,15-/m1/s1. The van der Waals surface area contributed by atoms with Crippen molar-refractivity contribution in [1.82, 2.24) is 30.3 Å². The van der Waals surface area contributed by atoms with Gasteiger partial charge in [-0.3, -0.25) is 9.78 Å². The molecule has 24 heavy (non-hydrogen) atoms. The van der Waals surface area contributed by atoms with E-state index in [4.69, 9.17) is 0 Å². The number of hydrogen-bond donors (Lipinski definition) is 2. The van der Waals surface area contributed by atoms with Crippen molar-refractivity contribution in [2.24, 2.45) is 5.92 Å². The number of fused-ring (bicyclic) bond motifs is 1. The number of carbonyl (C=O) groups excluding carboxylic acids is 1. The summed E-state index contributed by atoms with van der Waals surface area (Å²) in [5, 5.41) is 23.8. The van der Waals surface area contributed by atoms with Crippen LogP contribution in [0.25, 0.3) is 5.65 Å². The molecule has 8 nitrogen and oxygen atoms in total. The topological polar surface area (TPSA) is 105 Å². The Morgan fingerprint density at radius 1 is 1.33 bits per heavy atom. The Balaban J connectivity index is 1.58. The molecule has 0 aliphatic heterocycles. The van der Waals surface area contributed by atoms with Gasteiger partial charge in [-0.1, -0.05) is 6.07 Å². The lowest BCUT2D eigenvalue weighted by Crippen LogP contribution is -2.41. The van der Waals surface area contributed by atoms with Gasteiger partial charge in [0.05, 0.1) is 17.8 Å². The molecule has 2 N–H and O–H groups in total. The number of rotatable bonds is 4. The highest BCUT2D eigenvalue weighted by Crippen LogP contribution is 2.37. The molecule has 1 amide bonds. The monoisotopic (exact) mass is 324 g/mol. The van der Waals surface area contributed by atoms with Crippen molar-refractivity contribution in [2.75, 3.05) is 0 Å². The second-order valence-corrected chi connectivity index (χ2v) is 5.99. The zero-order valence-electron chi connectivity index (χ0n) is 12.8. The highest BCUT2D eigenvalue weighted by Gasteiger charge is 2.36. The molecule has 3 aromatic rings. The molecule has 3 aromatic heterocycles. The second-order valence-electron chi connectivity index (χ2n) is 5.99. The van der Waals surface area contributed by atoms with Crippen molar-refractivity contribution in [2.45, 2.75) is 25.0 Å². The minimum Gasteiger partial charge on any atom is -0.393 e. The van der Waals surface area contributed by atoms with Crippen LogP contribution in [-0.2, 0) is 0 Å². The zero-order chi connectivity index (χ0) is 16.5. The first-order chi connectivity index (χ1) is 11.7. The lowest BCUT2D eigenvalue weighted by molar-refractivity contribution is 0.0228. The smallest absolute Gasteiger partial charge is 0.252 e. The molecule has 1 aliphatic carbocycles. The molecule has 0 unspecified atom stereocenters. The molecule has 0 bridgehead atoms. The largest absolute Gasteiger partial charge is 0.393 e. The van der Waals surface area contributed by atoms with E-state index < -0.39 is 0 Å². The third-order valence-corrected chi connectivity index (χ3v) is 4.37. The molecule has 1 atom stereocenters. The van der Waals surface area contributed by atoms with Crippen molar-refractivity contribution >= 4 is 11.6 Å². The first kappa shape index (κ1) is 14.7. The van der Waals surface area contributed by atoms with Crippen molar-refractivity contribution in [1.29, 1.82) is 0 Å². The van der Waals surface area contributed by atoms with Gasteiger partial charge in [-0.15, -0.1) is 5.10 Å². The lowest BCUT2D eigenvalue weighted by atomic mass is 9.76. The number of amides is 1. The summed E-state index contributed by atoms with van der Waals surface area (Å²) in [5.74, 6) is -0.0325. The molecule has 0 aromatic carbocycles. The molecule has 1 aliphatic rings. The van der Waals surface area contributed by atoms with Gasteiger partial charge < -0.3 is 10.4 Å². The Morgan fingerprint density at radius 2 is 2.21 bits per heavy atom. The van der Waals surface area contributed by atoms with E-state index in [1.165, 1.54) is 4.52 Å². The van der Waals surface area contributed by atoms with Gasteiger partial charge in [-0.05, 0) is 53.5 Å². The van der Waals surface area contributed by atoms with Crippen LogP contribution < -0.4 is 5.32 Å². The number of tetrazole rings is 1. The normalized spacial score (nSPS) is 21.2. The number of nitrogens with one attached hydrogen (secondary N) is 1. The maximum atomic E-state index is 12.6. The summed E-state index contributed by atoms with van der Waals surface area (Å²) >= 11 is 0. The molecule has 1 fully saturated rings. The summed E-state index contributed by atoms with van der Waals surface area (Å²) in [6, 6.07) is 8.70. The van der Waals surface area contributed by atoms with Gasteiger partial charge in [0.1, 0.15) is 0 Å². The third-order valence-electron chi connectivity index (χ3n) is 4.37. The fraction of sp³-hybridized carbons (Fsp3) is 0.312.